The number of carboxylic acids is 1. The fourth-order valence-electron chi connectivity index (χ4n) is 2.99. The zero-order valence-electron chi connectivity index (χ0n) is 11.5. The number of likely N-dealkylation sites (tertiary alicyclic amines) is 1. The minimum atomic E-state index is -0.937. The fraction of sp³-hybridized carbons (Fsp3) is 0.643. The lowest BCUT2D eigenvalue weighted by atomic mass is 10.2. The number of carbonyl (C=O) groups is 1. The minimum absolute atomic E-state index is 0.226. The Morgan fingerprint density at radius 3 is 2.85 bits per heavy atom. The number of carboxylic acid groups (broad SMARTS) is 1. The average Bonchev–Trinajstić information content (AvgIpc) is 3.10. The van der Waals surface area contributed by atoms with Gasteiger partial charge in [0.2, 0.25) is 0 Å². The van der Waals surface area contributed by atoms with E-state index in [0.29, 0.717) is 12.6 Å². The van der Waals surface area contributed by atoms with Crippen molar-refractivity contribution in [1.82, 2.24) is 9.80 Å². The van der Waals surface area contributed by atoms with Crippen molar-refractivity contribution in [2.75, 3.05) is 39.4 Å². The lowest BCUT2D eigenvalue weighted by Gasteiger charge is -2.32. The van der Waals surface area contributed by atoms with Gasteiger partial charge in [-0.05, 0) is 12.5 Å². The van der Waals surface area contributed by atoms with Crippen LogP contribution in [0.3, 0.4) is 0 Å². The molecule has 2 fully saturated rings. The summed E-state index contributed by atoms with van der Waals surface area (Å²) in [5.41, 5.74) is 0.226. The Kier molecular flexibility index (Phi) is 4.05. The van der Waals surface area contributed by atoms with Gasteiger partial charge in [-0.25, -0.2) is 4.79 Å². The van der Waals surface area contributed by atoms with Gasteiger partial charge in [0.1, 0.15) is 12.0 Å². The Balaban J connectivity index is 1.52. The number of aromatic carboxylic acids is 1. The van der Waals surface area contributed by atoms with E-state index in [-0.39, 0.29) is 5.56 Å². The van der Waals surface area contributed by atoms with Gasteiger partial charge in [-0.15, -0.1) is 0 Å². The van der Waals surface area contributed by atoms with Gasteiger partial charge < -0.3 is 14.3 Å². The number of ether oxygens (including phenoxy) is 1. The first kappa shape index (κ1) is 13.6. The summed E-state index contributed by atoms with van der Waals surface area (Å²) in [4.78, 5) is 15.6. The lowest BCUT2D eigenvalue weighted by molar-refractivity contribution is 0.0182. The third-order valence-corrected chi connectivity index (χ3v) is 4.09. The summed E-state index contributed by atoms with van der Waals surface area (Å²) in [7, 11) is 0. The molecule has 0 aliphatic carbocycles. The van der Waals surface area contributed by atoms with Crippen molar-refractivity contribution in [3.8, 4) is 0 Å². The van der Waals surface area contributed by atoms with E-state index in [1.807, 2.05) is 0 Å². The van der Waals surface area contributed by atoms with Gasteiger partial charge in [-0.1, -0.05) is 0 Å². The Morgan fingerprint density at radius 1 is 1.35 bits per heavy atom. The van der Waals surface area contributed by atoms with E-state index < -0.39 is 5.97 Å². The summed E-state index contributed by atoms with van der Waals surface area (Å²) < 4.78 is 10.7. The van der Waals surface area contributed by atoms with E-state index in [1.165, 1.54) is 6.26 Å². The van der Waals surface area contributed by atoms with Crippen LogP contribution in [0, 0.1) is 0 Å². The third kappa shape index (κ3) is 3.03. The summed E-state index contributed by atoms with van der Waals surface area (Å²) in [5.74, 6) is -0.211. The zero-order chi connectivity index (χ0) is 13.9. The predicted octanol–water partition coefficient (Wildman–Crippen LogP) is 0.884. The van der Waals surface area contributed by atoms with Gasteiger partial charge in [-0.2, -0.15) is 0 Å². The highest BCUT2D eigenvalue weighted by Gasteiger charge is 2.29. The number of hydrogen-bond acceptors (Lipinski definition) is 5. The molecule has 2 aliphatic rings. The van der Waals surface area contributed by atoms with Gasteiger partial charge in [0.15, 0.2) is 0 Å². The van der Waals surface area contributed by atoms with E-state index in [9.17, 15) is 4.79 Å². The van der Waals surface area contributed by atoms with Crippen molar-refractivity contribution in [2.45, 2.75) is 19.0 Å². The maximum Gasteiger partial charge on any atom is 0.338 e. The Labute approximate surface area is 117 Å². The van der Waals surface area contributed by atoms with Gasteiger partial charge >= 0.3 is 5.97 Å². The topological polar surface area (TPSA) is 66.2 Å². The second-order valence-electron chi connectivity index (χ2n) is 5.43. The maximum absolute atomic E-state index is 10.8. The lowest BCUT2D eigenvalue weighted by Crippen LogP contribution is -2.44. The highest BCUT2D eigenvalue weighted by Crippen LogP contribution is 2.20. The quantitative estimate of drug-likeness (QED) is 0.883. The Hall–Kier alpha value is -1.37. The van der Waals surface area contributed by atoms with Gasteiger partial charge in [0.05, 0.1) is 25.3 Å². The second kappa shape index (κ2) is 5.95. The number of rotatable bonds is 4. The Bertz CT molecular complexity index is 467. The molecule has 3 rings (SSSR count). The summed E-state index contributed by atoms with van der Waals surface area (Å²) in [6.45, 7) is 6.43. The van der Waals surface area contributed by atoms with E-state index in [0.717, 1.165) is 51.6 Å². The molecule has 6 nitrogen and oxygen atoms in total. The normalized spacial score (nSPS) is 25.1. The molecule has 1 aromatic rings. The summed E-state index contributed by atoms with van der Waals surface area (Å²) in [6, 6.07) is 2.21. The van der Waals surface area contributed by atoms with Crippen LogP contribution in [-0.4, -0.2) is 66.3 Å². The highest BCUT2D eigenvalue weighted by atomic mass is 16.5. The molecule has 0 bridgehead atoms. The van der Waals surface area contributed by atoms with E-state index in [4.69, 9.17) is 14.3 Å². The molecule has 0 amide bonds. The predicted molar refractivity (Wildman–Crippen MR) is 71.7 cm³/mol. The molecule has 0 aromatic carbocycles. The first-order valence-corrected chi connectivity index (χ1v) is 7.07. The van der Waals surface area contributed by atoms with Gasteiger partial charge in [0, 0.05) is 32.2 Å². The average molecular weight is 280 g/mol. The van der Waals surface area contributed by atoms with Crippen molar-refractivity contribution >= 4 is 5.97 Å². The van der Waals surface area contributed by atoms with Crippen molar-refractivity contribution in [2.24, 2.45) is 0 Å². The molecule has 0 radical (unpaired) electrons. The zero-order valence-corrected chi connectivity index (χ0v) is 11.5. The molecule has 6 heteroatoms. The number of nitrogens with zero attached hydrogens (tertiary/aromatic N) is 2. The molecule has 1 aromatic heterocycles. The largest absolute Gasteiger partial charge is 0.478 e. The van der Waals surface area contributed by atoms with Gasteiger partial charge in [0.25, 0.3) is 0 Å². The number of furan rings is 1. The molecular weight excluding hydrogens is 260 g/mol. The standard InChI is InChI=1S/C14H20N2O4/c17-14(18)11-7-13(20-10-11)9-15-2-1-12(8-15)16-3-5-19-6-4-16/h7,10,12H,1-6,8-9H2,(H,17,18). The first-order valence-electron chi connectivity index (χ1n) is 7.07. The molecule has 0 spiro atoms. The van der Waals surface area contributed by atoms with E-state index in [1.54, 1.807) is 6.07 Å². The van der Waals surface area contributed by atoms with Crippen LogP contribution in [0.4, 0.5) is 0 Å². The molecule has 20 heavy (non-hydrogen) atoms. The third-order valence-electron chi connectivity index (χ3n) is 4.09. The first-order chi connectivity index (χ1) is 9.72. The molecule has 1 N–H and O–H groups in total. The van der Waals surface area contributed by atoms with Crippen molar-refractivity contribution < 1.29 is 19.1 Å². The van der Waals surface area contributed by atoms with Crippen molar-refractivity contribution in [3.63, 3.8) is 0 Å². The monoisotopic (exact) mass is 280 g/mol. The molecule has 1 unspecified atom stereocenters. The van der Waals surface area contributed by atoms with Crippen LogP contribution in [0.1, 0.15) is 22.5 Å². The molecule has 3 heterocycles. The van der Waals surface area contributed by atoms with Crippen LogP contribution in [-0.2, 0) is 11.3 Å². The SMILES string of the molecule is O=C(O)c1coc(CN2CCC(N3CCOCC3)C2)c1. The highest BCUT2D eigenvalue weighted by molar-refractivity contribution is 5.87. The second-order valence-corrected chi connectivity index (χ2v) is 5.43. The van der Waals surface area contributed by atoms with Crippen LogP contribution in [0.15, 0.2) is 16.7 Å². The summed E-state index contributed by atoms with van der Waals surface area (Å²) in [6.07, 6.45) is 2.47. The van der Waals surface area contributed by atoms with Gasteiger partial charge in [-0.3, -0.25) is 9.80 Å². The van der Waals surface area contributed by atoms with Crippen molar-refractivity contribution in [3.05, 3.63) is 23.7 Å². The summed E-state index contributed by atoms with van der Waals surface area (Å²) >= 11 is 0. The van der Waals surface area contributed by atoms with Crippen LogP contribution < -0.4 is 0 Å². The molecule has 1 atom stereocenters. The number of hydrogen-bond donors (Lipinski definition) is 1. The van der Waals surface area contributed by atoms with Crippen molar-refractivity contribution in [1.29, 1.82) is 0 Å². The molecule has 110 valence electrons. The maximum atomic E-state index is 10.8. The smallest absolute Gasteiger partial charge is 0.338 e. The summed E-state index contributed by atoms with van der Waals surface area (Å²) in [5, 5.41) is 8.88. The van der Waals surface area contributed by atoms with Crippen LogP contribution in [0.25, 0.3) is 0 Å². The van der Waals surface area contributed by atoms with Crippen LogP contribution in [0.5, 0.6) is 0 Å². The molecule has 2 aliphatic heterocycles. The molecular formula is C14H20N2O4. The molecule has 2 saturated heterocycles. The fourth-order valence-corrected chi connectivity index (χ4v) is 2.99. The van der Waals surface area contributed by atoms with Crippen LogP contribution >= 0.6 is 0 Å². The number of morpholine rings is 1. The minimum Gasteiger partial charge on any atom is -0.478 e. The van der Waals surface area contributed by atoms with Crippen LogP contribution in [0.2, 0.25) is 0 Å². The van der Waals surface area contributed by atoms with E-state index >= 15 is 0 Å². The Morgan fingerprint density at radius 2 is 2.15 bits per heavy atom. The molecule has 0 saturated carbocycles. The van der Waals surface area contributed by atoms with E-state index in [2.05, 4.69) is 9.80 Å².